The maximum Gasteiger partial charge on any atom is 0.274 e. The summed E-state index contributed by atoms with van der Waals surface area (Å²) in [6.07, 6.45) is 1.59. The van der Waals surface area contributed by atoms with Gasteiger partial charge >= 0.3 is 0 Å². The summed E-state index contributed by atoms with van der Waals surface area (Å²) in [6, 6.07) is 0. The van der Waals surface area contributed by atoms with Crippen LogP contribution in [0.15, 0.2) is 12.7 Å². The Labute approximate surface area is 76.0 Å². The van der Waals surface area contributed by atoms with E-state index in [1.54, 1.807) is 13.0 Å². The summed E-state index contributed by atoms with van der Waals surface area (Å²) in [5.41, 5.74) is 6.92. The smallest absolute Gasteiger partial charge is 0.274 e. The Balaban J connectivity index is 2.77. The van der Waals surface area contributed by atoms with Crippen molar-refractivity contribution in [2.24, 2.45) is 0 Å². The maximum absolute atomic E-state index is 11.3. The molecule has 13 heavy (non-hydrogen) atoms. The first-order valence-electron chi connectivity index (χ1n) is 3.86. The molecule has 1 heterocycles. The number of nitrogen functional groups attached to an aromatic ring is 1. The molecule has 0 saturated carbocycles. The summed E-state index contributed by atoms with van der Waals surface area (Å²) in [4.78, 5) is 11.3. The van der Waals surface area contributed by atoms with E-state index in [0.29, 0.717) is 17.9 Å². The minimum Gasteiger partial charge on any atom is -0.395 e. The molecule has 0 aromatic carbocycles. The van der Waals surface area contributed by atoms with Gasteiger partial charge in [0.2, 0.25) is 0 Å². The Kier molecular flexibility index (Phi) is 2.69. The van der Waals surface area contributed by atoms with E-state index in [4.69, 9.17) is 5.73 Å². The van der Waals surface area contributed by atoms with Gasteiger partial charge in [-0.2, -0.15) is 5.10 Å². The van der Waals surface area contributed by atoms with Gasteiger partial charge in [0.25, 0.3) is 5.91 Å². The van der Waals surface area contributed by atoms with Crippen molar-refractivity contribution in [3.05, 3.63) is 24.0 Å². The largest absolute Gasteiger partial charge is 0.395 e. The number of hydrogen-bond donors (Lipinski definition) is 3. The summed E-state index contributed by atoms with van der Waals surface area (Å²) in [5.74, 6) is -0.290. The first-order valence-corrected chi connectivity index (χ1v) is 3.86. The number of H-pyrrole nitrogens is 1. The molecule has 0 saturated heterocycles. The highest BCUT2D eigenvalue weighted by molar-refractivity contribution is 5.97. The van der Waals surface area contributed by atoms with Crippen LogP contribution >= 0.6 is 0 Å². The van der Waals surface area contributed by atoms with Crippen LogP contribution in [-0.2, 0) is 0 Å². The molecule has 0 bridgehead atoms. The molecule has 4 N–H and O–H groups in total. The molecule has 1 rings (SSSR count). The molecule has 0 spiro atoms. The first-order chi connectivity index (χ1) is 6.16. The van der Waals surface area contributed by atoms with Gasteiger partial charge in [0, 0.05) is 6.54 Å². The molecule has 0 aliphatic rings. The van der Waals surface area contributed by atoms with Crippen LogP contribution in [0.25, 0.3) is 0 Å². The van der Waals surface area contributed by atoms with Crippen LogP contribution in [0.5, 0.6) is 0 Å². The number of aromatic amines is 1. The number of hydrogen-bond acceptors (Lipinski definition) is 3. The van der Waals surface area contributed by atoms with Gasteiger partial charge in [0.1, 0.15) is 0 Å². The molecule has 0 aliphatic carbocycles. The maximum atomic E-state index is 11.3. The number of carbonyl (C=O) groups excluding carboxylic acids is 1. The Morgan fingerprint density at radius 1 is 1.85 bits per heavy atom. The topological polar surface area (TPSA) is 83.8 Å². The van der Waals surface area contributed by atoms with Crippen molar-refractivity contribution >= 4 is 11.6 Å². The fourth-order valence-corrected chi connectivity index (χ4v) is 0.859. The molecule has 1 amide bonds. The molecule has 0 unspecified atom stereocenters. The summed E-state index contributed by atoms with van der Waals surface area (Å²) >= 11 is 0. The van der Waals surface area contributed by atoms with Crippen LogP contribution in [-0.4, -0.2) is 22.6 Å². The molecular formula is C8H12N4O. The number of aryl methyl sites for hydroxylation is 1. The number of nitrogens with one attached hydrogen (secondary N) is 2. The van der Waals surface area contributed by atoms with Crippen molar-refractivity contribution in [2.45, 2.75) is 6.92 Å². The molecule has 5 heteroatoms. The number of amides is 1. The van der Waals surface area contributed by atoms with Gasteiger partial charge in [-0.3, -0.25) is 9.89 Å². The van der Waals surface area contributed by atoms with Crippen molar-refractivity contribution in [3.63, 3.8) is 0 Å². The Morgan fingerprint density at radius 2 is 2.54 bits per heavy atom. The zero-order valence-electron chi connectivity index (χ0n) is 7.42. The summed E-state index contributed by atoms with van der Waals surface area (Å²) in [6.45, 7) is 5.64. The van der Waals surface area contributed by atoms with Gasteiger partial charge in [-0.15, -0.1) is 6.58 Å². The van der Waals surface area contributed by atoms with E-state index in [0.717, 1.165) is 0 Å². The van der Waals surface area contributed by atoms with Crippen molar-refractivity contribution < 1.29 is 4.79 Å². The lowest BCUT2D eigenvalue weighted by Gasteiger charge is -1.98. The van der Waals surface area contributed by atoms with Gasteiger partial charge < -0.3 is 11.1 Å². The molecular weight excluding hydrogens is 168 g/mol. The second-order valence-electron chi connectivity index (χ2n) is 2.61. The summed E-state index contributed by atoms with van der Waals surface area (Å²) in [7, 11) is 0. The molecule has 1 aromatic rings. The van der Waals surface area contributed by atoms with Crippen molar-refractivity contribution in [1.29, 1.82) is 0 Å². The molecule has 0 atom stereocenters. The number of nitrogens with two attached hydrogens (primary N) is 1. The SMILES string of the molecule is C=CCNC(=O)c1n[nH]c(C)c1N. The molecule has 0 aliphatic heterocycles. The van der Waals surface area contributed by atoms with E-state index in [9.17, 15) is 4.79 Å². The van der Waals surface area contributed by atoms with E-state index in [-0.39, 0.29) is 11.6 Å². The van der Waals surface area contributed by atoms with Crippen LogP contribution in [0.2, 0.25) is 0 Å². The lowest BCUT2D eigenvalue weighted by Crippen LogP contribution is -2.24. The van der Waals surface area contributed by atoms with Gasteiger partial charge in [-0.05, 0) is 6.92 Å². The highest BCUT2D eigenvalue weighted by Crippen LogP contribution is 2.11. The zero-order valence-corrected chi connectivity index (χ0v) is 7.42. The molecule has 70 valence electrons. The van der Waals surface area contributed by atoms with Crippen LogP contribution in [0.1, 0.15) is 16.2 Å². The van der Waals surface area contributed by atoms with Gasteiger partial charge in [0.05, 0.1) is 11.4 Å². The van der Waals surface area contributed by atoms with E-state index >= 15 is 0 Å². The monoisotopic (exact) mass is 180 g/mol. The number of aromatic nitrogens is 2. The van der Waals surface area contributed by atoms with E-state index in [1.807, 2.05) is 0 Å². The zero-order chi connectivity index (χ0) is 9.84. The van der Waals surface area contributed by atoms with Gasteiger partial charge in [-0.25, -0.2) is 0 Å². The standard InChI is InChI=1S/C8H12N4O/c1-3-4-10-8(13)7-6(9)5(2)11-12-7/h3H,1,4,9H2,2H3,(H,10,13)(H,11,12). The predicted octanol–water partition coefficient (Wildman–Crippen LogP) is 0.216. The third-order valence-corrected chi connectivity index (χ3v) is 1.62. The fourth-order valence-electron chi connectivity index (χ4n) is 0.859. The lowest BCUT2D eigenvalue weighted by atomic mass is 10.3. The second kappa shape index (κ2) is 3.75. The van der Waals surface area contributed by atoms with E-state index < -0.39 is 0 Å². The highest BCUT2D eigenvalue weighted by atomic mass is 16.1. The number of carbonyl (C=O) groups is 1. The van der Waals surface area contributed by atoms with Crippen molar-refractivity contribution in [1.82, 2.24) is 15.5 Å². The van der Waals surface area contributed by atoms with Crippen LogP contribution in [0.3, 0.4) is 0 Å². The quantitative estimate of drug-likeness (QED) is 0.581. The summed E-state index contributed by atoms with van der Waals surface area (Å²) < 4.78 is 0. The van der Waals surface area contributed by atoms with Crippen LogP contribution in [0.4, 0.5) is 5.69 Å². The van der Waals surface area contributed by atoms with Crippen LogP contribution in [0, 0.1) is 6.92 Å². The molecule has 0 fully saturated rings. The van der Waals surface area contributed by atoms with E-state index in [2.05, 4.69) is 22.1 Å². The third kappa shape index (κ3) is 1.87. The van der Waals surface area contributed by atoms with Crippen LogP contribution < -0.4 is 11.1 Å². The number of anilines is 1. The Hall–Kier alpha value is -1.78. The van der Waals surface area contributed by atoms with E-state index in [1.165, 1.54) is 0 Å². The average Bonchev–Trinajstić information content (AvgIpc) is 2.44. The molecule has 5 nitrogen and oxygen atoms in total. The number of rotatable bonds is 3. The fraction of sp³-hybridized carbons (Fsp3) is 0.250. The molecule has 0 radical (unpaired) electrons. The number of nitrogens with zero attached hydrogens (tertiary/aromatic N) is 1. The third-order valence-electron chi connectivity index (χ3n) is 1.62. The van der Waals surface area contributed by atoms with Gasteiger partial charge in [0.15, 0.2) is 5.69 Å². The minimum atomic E-state index is -0.290. The predicted molar refractivity (Wildman–Crippen MR) is 50.3 cm³/mol. The van der Waals surface area contributed by atoms with Crippen molar-refractivity contribution in [3.8, 4) is 0 Å². The first kappa shape index (κ1) is 9.31. The normalized spacial score (nSPS) is 9.62. The molecule has 1 aromatic heterocycles. The Morgan fingerprint density at radius 3 is 3.00 bits per heavy atom. The Bertz CT molecular complexity index is 329. The average molecular weight is 180 g/mol. The highest BCUT2D eigenvalue weighted by Gasteiger charge is 2.13. The minimum absolute atomic E-state index is 0.236. The second-order valence-corrected chi connectivity index (χ2v) is 2.61. The van der Waals surface area contributed by atoms with Crippen molar-refractivity contribution in [2.75, 3.05) is 12.3 Å². The lowest BCUT2D eigenvalue weighted by molar-refractivity contribution is 0.0954. The summed E-state index contributed by atoms with van der Waals surface area (Å²) in [5, 5.41) is 8.99. The van der Waals surface area contributed by atoms with Gasteiger partial charge in [-0.1, -0.05) is 6.08 Å².